The average Bonchev–Trinajstić information content (AvgIpc) is 2.40. The van der Waals surface area contributed by atoms with Gasteiger partial charge in [-0.05, 0) is 17.9 Å². The van der Waals surface area contributed by atoms with Crippen LogP contribution in [0.25, 0.3) is 0 Å². The zero-order valence-corrected chi connectivity index (χ0v) is 11.9. The van der Waals surface area contributed by atoms with Crippen LogP contribution in [0.4, 0.5) is 0 Å². The molecule has 2 nitrogen and oxygen atoms in total. The van der Waals surface area contributed by atoms with Crippen LogP contribution in [0, 0.1) is 5.92 Å². The Morgan fingerprint density at radius 2 is 2.00 bits per heavy atom. The molecule has 1 aliphatic rings. The molecular formula is C16H26N2. The predicted molar refractivity (Wildman–Crippen MR) is 77.7 cm³/mol. The highest BCUT2D eigenvalue weighted by Crippen LogP contribution is 2.22. The van der Waals surface area contributed by atoms with Crippen molar-refractivity contribution in [2.24, 2.45) is 5.92 Å². The minimum Gasteiger partial charge on any atom is -0.308 e. The van der Waals surface area contributed by atoms with Crippen LogP contribution in [0.1, 0.15) is 38.8 Å². The Morgan fingerprint density at radius 1 is 1.28 bits per heavy atom. The van der Waals surface area contributed by atoms with Crippen molar-refractivity contribution >= 4 is 0 Å². The lowest BCUT2D eigenvalue weighted by Gasteiger charge is -2.40. The first-order valence-electron chi connectivity index (χ1n) is 7.24. The van der Waals surface area contributed by atoms with Crippen molar-refractivity contribution in [2.45, 2.75) is 39.3 Å². The summed E-state index contributed by atoms with van der Waals surface area (Å²) in [7, 11) is 0. The van der Waals surface area contributed by atoms with Gasteiger partial charge in [0.25, 0.3) is 0 Å². The molecule has 1 heterocycles. The van der Waals surface area contributed by atoms with E-state index in [1.807, 2.05) is 0 Å². The van der Waals surface area contributed by atoms with Crippen molar-refractivity contribution in [2.75, 3.05) is 19.6 Å². The minimum atomic E-state index is 0.493. The maximum atomic E-state index is 3.64. The van der Waals surface area contributed by atoms with Crippen molar-refractivity contribution in [1.29, 1.82) is 0 Å². The first-order chi connectivity index (χ1) is 8.72. The summed E-state index contributed by atoms with van der Waals surface area (Å²) in [6.07, 6.45) is 1.25. The van der Waals surface area contributed by atoms with E-state index in [2.05, 4.69) is 61.3 Å². The topological polar surface area (TPSA) is 15.3 Å². The molecule has 1 aromatic rings. The molecule has 1 fully saturated rings. The van der Waals surface area contributed by atoms with Crippen LogP contribution in [-0.4, -0.2) is 30.6 Å². The number of hydrogen-bond donors (Lipinski definition) is 1. The summed E-state index contributed by atoms with van der Waals surface area (Å²) in [6.45, 7) is 10.4. The fourth-order valence-corrected chi connectivity index (χ4v) is 3.13. The Labute approximate surface area is 111 Å². The number of nitrogens with one attached hydrogen (secondary N) is 1. The first kappa shape index (κ1) is 13.6. The highest BCUT2D eigenvalue weighted by Gasteiger charge is 2.26. The van der Waals surface area contributed by atoms with E-state index in [0.29, 0.717) is 6.04 Å². The summed E-state index contributed by atoms with van der Waals surface area (Å²) in [5.41, 5.74) is 1.42. The third-order valence-electron chi connectivity index (χ3n) is 4.07. The molecule has 2 rings (SSSR count). The molecule has 1 aromatic carbocycles. The van der Waals surface area contributed by atoms with E-state index in [1.165, 1.54) is 18.5 Å². The average molecular weight is 246 g/mol. The standard InChI is InChI=1S/C16H26N2/c1-4-16(13(2)3)18-11-10-17-15(12-18)14-8-6-5-7-9-14/h5-9,13,15-17H,4,10-12H2,1-3H3. The van der Waals surface area contributed by atoms with E-state index in [4.69, 9.17) is 0 Å². The molecule has 2 unspecified atom stereocenters. The lowest BCUT2D eigenvalue weighted by molar-refractivity contribution is 0.110. The Balaban J connectivity index is 2.04. The van der Waals surface area contributed by atoms with Gasteiger partial charge in [0.2, 0.25) is 0 Å². The predicted octanol–water partition coefficient (Wildman–Crippen LogP) is 3.07. The summed E-state index contributed by atoms with van der Waals surface area (Å²) >= 11 is 0. The van der Waals surface area contributed by atoms with Crippen molar-refractivity contribution in [1.82, 2.24) is 10.2 Å². The van der Waals surface area contributed by atoms with Crippen LogP contribution in [0.2, 0.25) is 0 Å². The SMILES string of the molecule is CCC(C(C)C)N1CCNC(c2ccccc2)C1. The molecule has 18 heavy (non-hydrogen) atoms. The molecule has 0 bridgehead atoms. The van der Waals surface area contributed by atoms with Crippen molar-refractivity contribution < 1.29 is 0 Å². The molecule has 2 heteroatoms. The third-order valence-corrected chi connectivity index (χ3v) is 4.07. The normalized spacial score (nSPS) is 23.2. The second-order valence-corrected chi connectivity index (χ2v) is 5.63. The van der Waals surface area contributed by atoms with Crippen LogP contribution >= 0.6 is 0 Å². The van der Waals surface area contributed by atoms with Gasteiger partial charge in [-0.25, -0.2) is 0 Å². The molecule has 1 N–H and O–H groups in total. The fourth-order valence-electron chi connectivity index (χ4n) is 3.13. The molecule has 0 saturated carbocycles. The Bertz CT molecular complexity index is 347. The molecule has 0 radical (unpaired) electrons. The summed E-state index contributed by atoms with van der Waals surface area (Å²) < 4.78 is 0. The molecule has 0 aliphatic carbocycles. The zero-order valence-electron chi connectivity index (χ0n) is 11.9. The van der Waals surface area contributed by atoms with Gasteiger partial charge in [0.05, 0.1) is 0 Å². The number of hydrogen-bond acceptors (Lipinski definition) is 2. The lowest BCUT2D eigenvalue weighted by atomic mass is 9.96. The molecule has 1 saturated heterocycles. The number of benzene rings is 1. The van der Waals surface area contributed by atoms with Gasteiger partial charge in [0.15, 0.2) is 0 Å². The molecule has 100 valence electrons. The van der Waals surface area contributed by atoms with Gasteiger partial charge in [0.1, 0.15) is 0 Å². The summed E-state index contributed by atoms with van der Waals surface area (Å²) in [5.74, 6) is 0.740. The summed E-state index contributed by atoms with van der Waals surface area (Å²) in [6, 6.07) is 12.0. The molecule has 0 amide bonds. The number of nitrogens with zero attached hydrogens (tertiary/aromatic N) is 1. The largest absolute Gasteiger partial charge is 0.308 e. The van der Waals surface area contributed by atoms with Gasteiger partial charge in [-0.3, -0.25) is 4.90 Å². The first-order valence-corrected chi connectivity index (χ1v) is 7.24. The smallest absolute Gasteiger partial charge is 0.0449 e. The molecule has 0 aromatic heterocycles. The van der Waals surface area contributed by atoms with E-state index in [-0.39, 0.29) is 0 Å². The van der Waals surface area contributed by atoms with Crippen molar-refractivity contribution in [3.05, 3.63) is 35.9 Å². The van der Waals surface area contributed by atoms with Crippen LogP contribution in [0.3, 0.4) is 0 Å². The van der Waals surface area contributed by atoms with Gasteiger partial charge < -0.3 is 5.32 Å². The molecule has 0 spiro atoms. The Kier molecular flexibility index (Phi) is 4.79. The highest BCUT2D eigenvalue weighted by atomic mass is 15.2. The van der Waals surface area contributed by atoms with Gasteiger partial charge in [-0.15, -0.1) is 0 Å². The van der Waals surface area contributed by atoms with Gasteiger partial charge in [0, 0.05) is 31.7 Å². The summed E-state index contributed by atoms with van der Waals surface area (Å²) in [4.78, 5) is 2.67. The maximum absolute atomic E-state index is 3.64. The van der Waals surface area contributed by atoms with Crippen LogP contribution in [-0.2, 0) is 0 Å². The van der Waals surface area contributed by atoms with Crippen LogP contribution in [0.15, 0.2) is 30.3 Å². The van der Waals surface area contributed by atoms with E-state index in [1.54, 1.807) is 0 Å². The lowest BCUT2D eigenvalue weighted by Crippen LogP contribution is -2.51. The molecule has 1 aliphatic heterocycles. The van der Waals surface area contributed by atoms with E-state index in [0.717, 1.165) is 25.0 Å². The monoisotopic (exact) mass is 246 g/mol. The summed E-state index contributed by atoms with van der Waals surface area (Å²) in [5, 5.41) is 3.64. The molecular weight excluding hydrogens is 220 g/mol. The van der Waals surface area contributed by atoms with Crippen LogP contribution < -0.4 is 5.32 Å². The number of rotatable bonds is 4. The quantitative estimate of drug-likeness (QED) is 0.878. The zero-order chi connectivity index (χ0) is 13.0. The van der Waals surface area contributed by atoms with Crippen LogP contribution in [0.5, 0.6) is 0 Å². The number of piperazine rings is 1. The van der Waals surface area contributed by atoms with Crippen molar-refractivity contribution in [3.63, 3.8) is 0 Å². The fraction of sp³-hybridized carbons (Fsp3) is 0.625. The Hall–Kier alpha value is -0.860. The third kappa shape index (κ3) is 3.12. The van der Waals surface area contributed by atoms with E-state index < -0.39 is 0 Å². The second kappa shape index (κ2) is 6.35. The highest BCUT2D eigenvalue weighted by molar-refractivity contribution is 5.19. The minimum absolute atomic E-state index is 0.493. The van der Waals surface area contributed by atoms with Gasteiger partial charge in [-0.2, -0.15) is 0 Å². The van der Waals surface area contributed by atoms with E-state index in [9.17, 15) is 0 Å². The van der Waals surface area contributed by atoms with E-state index >= 15 is 0 Å². The second-order valence-electron chi connectivity index (χ2n) is 5.63. The Morgan fingerprint density at radius 3 is 2.61 bits per heavy atom. The molecule has 2 atom stereocenters. The van der Waals surface area contributed by atoms with Gasteiger partial charge >= 0.3 is 0 Å². The maximum Gasteiger partial charge on any atom is 0.0449 e. The van der Waals surface area contributed by atoms with Crippen molar-refractivity contribution in [3.8, 4) is 0 Å². The van der Waals surface area contributed by atoms with Gasteiger partial charge in [-0.1, -0.05) is 51.1 Å².